The zero-order chi connectivity index (χ0) is 19.7. The molecule has 1 amide bonds. The fourth-order valence-corrected chi connectivity index (χ4v) is 4.36. The fourth-order valence-electron chi connectivity index (χ4n) is 4.36. The molecule has 0 spiro atoms. The van der Waals surface area contributed by atoms with E-state index < -0.39 is 17.7 Å². The molecule has 1 unspecified atom stereocenters. The number of Topliss-reactive ketones (excluding diaryl/α,β-unsaturated/α-hetero) is 1. The third-order valence-corrected chi connectivity index (χ3v) is 5.68. The topological polar surface area (TPSA) is 66.8 Å². The van der Waals surface area contributed by atoms with E-state index in [1.54, 1.807) is 29.2 Å². The maximum Gasteiger partial charge on any atom is 0.295 e. The van der Waals surface area contributed by atoms with Crippen LogP contribution in [0.15, 0.2) is 60.2 Å². The molecule has 1 N–H and O–H groups in total. The van der Waals surface area contributed by atoms with Crippen LogP contribution >= 0.6 is 0 Å². The van der Waals surface area contributed by atoms with Crippen LogP contribution in [0.4, 0.5) is 0 Å². The number of methoxy groups -OCH3 is 1. The lowest BCUT2D eigenvalue weighted by Crippen LogP contribution is -2.37. The van der Waals surface area contributed by atoms with Gasteiger partial charge in [-0.2, -0.15) is 0 Å². The van der Waals surface area contributed by atoms with Crippen LogP contribution in [0.3, 0.4) is 0 Å². The number of benzene rings is 2. The van der Waals surface area contributed by atoms with Crippen molar-refractivity contribution in [3.8, 4) is 5.75 Å². The van der Waals surface area contributed by atoms with Gasteiger partial charge in [0.15, 0.2) is 0 Å². The number of carbonyl (C=O) groups is 2. The number of para-hydroxylation sites is 1. The molecule has 28 heavy (non-hydrogen) atoms. The van der Waals surface area contributed by atoms with E-state index in [-0.39, 0.29) is 17.4 Å². The first kappa shape index (κ1) is 18.3. The molecule has 0 aromatic heterocycles. The molecule has 1 saturated heterocycles. The normalized spacial score (nSPS) is 22.0. The van der Waals surface area contributed by atoms with Crippen molar-refractivity contribution in [1.82, 2.24) is 4.90 Å². The summed E-state index contributed by atoms with van der Waals surface area (Å²) in [6.45, 7) is 0. The summed E-state index contributed by atoms with van der Waals surface area (Å²) in [5, 5.41) is 11.1. The Morgan fingerprint density at radius 1 is 1.00 bits per heavy atom. The minimum Gasteiger partial charge on any atom is -0.507 e. The van der Waals surface area contributed by atoms with Gasteiger partial charge in [-0.3, -0.25) is 9.59 Å². The van der Waals surface area contributed by atoms with E-state index in [0.29, 0.717) is 11.3 Å². The minimum absolute atomic E-state index is 0.0182. The van der Waals surface area contributed by atoms with Gasteiger partial charge in [0.2, 0.25) is 0 Å². The molecule has 0 radical (unpaired) electrons. The largest absolute Gasteiger partial charge is 0.507 e. The fraction of sp³-hybridized carbons (Fsp3) is 0.304. The van der Waals surface area contributed by atoms with Gasteiger partial charge in [-0.1, -0.05) is 55.3 Å². The second-order valence-electron chi connectivity index (χ2n) is 7.26. The van der Waals surface area contributed by atoms with Crippen molar-refractivity contribution >= 4 is 17.4 Å². The van der Waals surface area contributed by atoms with Crippen molar-refractivity contribution in [2.45, 2.75) is 37.8 Å². The highest BCUT2D eigenvalue weighted by molar-refractivity contribution is 6.46. The van der Waals surface area contributed by atoms with Gasteiger partial charge < -0.3 is 14.7 Å². The van der Waals surface area contributed by atoms with E-state index in [2.05, 4.69) is 0 Å². The van der Waals surface area contributed by atoms with Gasteiger partial charge in [-0.15, -0.1) is 0 Å². The van der Waals surface area contributed by atoms with E-state index in [4.69, 9.17) is 4.74 Å². The lowest BCUT2D eigenvalue weighted by Gasteiger charge is -2.30. The Kier molecular flexibility index (Phi) is 4.90. The van der Waals surface area contributed by atoms with Crippen LogP contribution in [0.2, 0.25) is 0 Å². The summed E-state index contributed by atoms with van der Waals surface area (Å²) in [5.74, 6) is -0.898. The molecular weight excluding hydrogens is 354 g/mol. The maximum absolute atomic E-state index is 13.0. The number of aliphatic hydroxyl groups is 1. The molecule has 5 nitrogen and oxygen atoms in total. The van der Waals surface area contributed by atoms with Crippen LogP contribution in [0, 0.1) is 0 Å². The molecule has 0 bridgehead atoms. The summed E-state index contributed by atoms with van der Waals surface area (Å²) in [7, 11) is 1.51. The number of nitrogens with zero attached hydrogens (tertiary/aromatic N) is 1. The van der Waals surface area contributed by atoms with E-state index in [1.165, 1.54) is 7.11 Å². The molecule has 2 aromatic rings. The van der Waals surface area contributed by atoms with Crippen molar-refractivity contribution in [3.63, 3.8) is 0 Å². The quantitative estimate of drug-likeness (QED) is 0.496. The van der Waals surface area contributed by atoms with Crippen molar-refractivity contribution in [3.05, 3.63) is 71.3 Å². The number of likely N-dealkylation sites (tertiary alicyclic amines) is 1. The Morgan fingerprint density at radius 2 is 1.64 bits per heavy atom. The Bertz CT molecular complexity index is 929. The highest BCUT2D eigenvalue weighted by atomic mass is 16.5. The lowest BCUT2D eigenvalue weighted by molar-refractivity contribution is -0.141. The van der Waals surface area contributed by atoms with Crippen LogP contribution in [0.25, 0.3) is 5.76 Å². The lowest BCUT2D eigenvalue weighted by atomic mass is 9.94. The number of amides is 1. The highest BCUT2D eigenvalue weighted by Gasteiger charge is 2.49. The molecule has 1 heterocycles. The third-order valence-electron chi connectivity index (χ3n) is 5.68. The van der Waals surface area contributed by atoms with Gasteiger partial charge in [0.1, 0.15) is 11.5 Å². The smallest absolute Gasteiger partial charge is 0.295 e. The van der Waals surface area contributed by atoms with E-state index in [1.807, 2.05) is 30.3 Å². The molecule has 1 aliphatic carbocycles. The Labute approximate surface area is 164 Å². The second-order valence-corrected chi connectivity index (χ2v) is 7.26. The Morgan fingerprint density at radius 3 is 2.32 bits per heavy atom. The molecule has 4 rings (SSSR count). The first-order valence-corrected chi connectivity index (χ1v) is 9.62. The zero-order valence-corrected chi connectivity index (χ0v) is 15.8. The van der Waals surface area contributed by atoms with Crippen molar-refractivity contribution in [1.29, 1.82) is 0 Å². The number of carbonyl (C=O) groups excluding carboxylic acids is 2. The standard InChI is InChI=1S/C23H23NO4/c1-28-18-14-8-7-13-17(18)21(25)19-20(15-9-3-2-4-10-15)24(23(27)22(19)26)16-11-5-6-12-16/h2-4,7-10,13-14,16,20,25H,5-6,11-12H2,1H3/b21-19-. The van der Waals surface area contributed by atoms with Gasteiger partial charge in [-0.25, -0.2) is 0 Å². The summed E-state index contributed by atoms with van der Waals surface area (Å²) in [6.07, 6.45) is 3.85. The van der Waals surface area contributed by atoms with Crippen molar-refractivity contribution in [2.24, 2.45) is 0 Å². The van der Waals surface area contributed by atoms with Gasteiger partial charge in [0.25, 0.3) is 11.7 Å². The number of aliphatic hydroxyl groups excluding tert-OH is 1. The van der Waals surface area contributed by atoms with Crippen molar-refractivity contribution < 1.29 is 19.4 Å². The Hall–Kier alpha value is -3.08. The molecule has 144 valence electrons. The molecule has 1 atom stereocenters. The molecule has 2 aliphatic rings. The number of hydrogen-bond acceptors (Lipinski definition) is 4. The first-order chi connectivity index (χ1) is 13.6. The molecule has 2 fully saturated rings. The van der Waals surface area contributed by atoms with Gasteiger partial charge in [-0.05, 0) is 30.5 Å². The molecule has 5 heteroatoms. The maximum atomic E-state index is 13.0. The monoisotopic (exact) mass is 377 g/mol. The number of ether oxygens (including phenoxy) is 1. The third kappa shape index (κ3) is 2.97. The van der Waals surface area contributed by atoms with Crippen molar-refractivity contribution in [2.75, 3.05) is 7.11 Å². The van der Waals surface area contributed by atoms with Crippen LogP contribution in [0.1, 0.15) is 42.9 Å². The molecule has 2 aromatic carbocycles. The van der Waals surface area contributed by atoms with Gasteiger partial charge in [0.05, 0.1) is 24.3 Å². The molecular formula is C23H23NO4. The second kappa shape index (κ2) is 7.50. The van der Waals surface area contributed by atoms with E-state index in [9.17, 15) is 14.7 Å². The summed E-state index contributed by atoms with van der Waals surface area (Å²) in [5.41, 5.74) is 1.37. The highest BCUT2D eigenvalue weighted by Crippen LogP contribution is 2.44. The number of rotatable bonds is 4. The van der Waals surface area contributed by atoms with Crippen LogP contribution in [-0.2, 0) is 9.59 Å². The summed E-state index contributed by atoms with van der Waals surface area (Å²) in [4.78, 5) is 27.7. The van der Waals surface area contributed by atoms with Crippen LogP contribution < -0.4 is 4.74 Å². The predicted octanol–water partition coefficient (Wildman–Crippen LogP) is 4.06. The average Bonchev–Trinajstić information content (AvgIpc) is 3.35. The van der Waals surface area contributed by atoms with E-state index >= 15 is 0 Å². The SMILES string of the molecule is COc1ccccc1/C(O)=C1/C(=O)C(=O)N(C2CCCC2)C1c1ccccc1. The zero-order valence-electron chi connectivity index (χ0n) is 15.8. The van der Waals surface area contributed by atoms with Gasteiger partial charge >= 0.3 is 0 Å². The van der Waals surface area contributed by atoms with Crippen LogP contribution in [-0.4, -0.2) is 34.8 Å². The molecule has 1 aliphatic heterocycles. The van der Waals surface area contributed by atoms with E-state index in [0.717, 1.165) is 31.2 Å². The predicted molar refractivity (Wildman–Crippen MR) is 106 cm³/mol. The molecule has 1 saturated carbocycles. The number of hydrogen-bond donors (Lipinski definition) is 1. The minimum atomic E-state index is -0.635. The summed E-state index contributed by atoms with van der Waals surface area (Å²) >= 11 is 0. The van der Waals surface area contributed by atoms with Gasteiger partial charge in [0, 0.05) is 6.04 Å². The Balaban J connectivity index is 1.91. The summed E-state index contributed by atoms with van der Waals surface area (Å²) in [6, 6.07) is 15.9. The first-order valence-electron chi connectivity index (χ1n) is 9.62. The average molecular weight is 377 g/mol. The summed E-state index contributed by atoms with van der Waals surface area (Å²) < 4.78 is 5.35. The van der Waals surface area contributed by atoms with Crippen LogP contribution in [0.5, 0.6) is 5.75 Å². The number of ketones is 1.